The first-order chi connectivity index (χ1) is 6.30. The van der Waals surface area contributed by atoms with Gasteiger partial charge in [-0.1, -0.05) is 0 Å². The molecule has 0 amide bonds. The summed E-state index contributed by atoms with van der Waals surface area (Å²) in [6, 6.07) is -0.926. The van der Waals surface area contributed by atoms with Crippen LogP contribution in [-0.2, 0) is 14.3 Å². The fourth-order valence-electron chi connectivity index (χ4n) is 0.978. The molecule has 0 saturated carbocycles. The molecular weight excluding hydrogens is 186 g/mol. The molecule has 0 aliphatic rings. The Labute approximate surface area is 83.2 Å². The third kappa shape index (κ3) is 4.34. The van der Waals surface area contributed by atoms with Crippen molar-refractivity contribution in [3.8, 4) is 0 Å². The van der Waals surface area contributed by atoms with Crippen LogP contribution < -0.4 is 5.73 Å². The van der Waals surface area contributed by atoms with Crippen molar-refractivity contribution in [2.75, 3.05) is 0 Å². The Morgan fingerprint density at radius 3 is 2.50 bits per heavy atom. The predicted molar refractivity (Wildman–Crippen MR) is 50.5 cm³/mol. The molecule has 0 aromatic rings. The minimum Gasteiger partial charge on any atom is -0.461 e. The number of carbonyl (C=O) groups is 2. The lowest BCUT2D eigenvalue weighted by Gasteiger charge is -2.24. The van der Waals surface area contributed by atoms with Crippen LogP contribution in [0.1, 0.15) is 27.2 Å². The van der Waals surface area contributed by atoms with Crippen LogP contribution in [0, 0.1) is 0 Å². The average Bonchev–Trinajstić information content (AvgIpc) is 2.01. The van der Waals surface area contributed by atoms with Gasteiger partial charge in [-0.25, -0.2) is 0 Å². The SMILES string of the molecule is C[C@@H](O)[C@H](N)C(=O)CC(C)(C)OC=O. The summed E-state index contributed by atoms with van der Waals surface area (Å²) < 4.78 is 4.69. The number of Topliss-reactive ketones (excluding diaryl/α,β-unsaturated/α-hetero) is 1. The van der Waals surface area contributed by atoms with Crippen LogP contribution >= 0.6 is 0 Å². The number of hydrogen-bond acceptors (Lipinski definition) is 5. The standard InChI is InChI=1S/C9H17NO4/c1-6(12)8(10)7(13)4-9(2,3)14-5-11/h5-6,8,12H,4,10H2,1-3H3/t6-,8+/m1/s1. The first-order valence-electron chi connectivity index (χ1n) is 4.38. The molecule has 82 valence electrons. The average molecular weight is 203 g/mol. The van der Waals surface area contributed by atoms with Crippen LogP contribution in [0.4, 0.5) is 0 Å². The van der Waals surface area contributed by atoms with Crippen LogP contribution in [0.25, 0.3) is 0 Å². The van der Waals surface area contributed by atoms with Crippen molar-refractivity contribution < 1.29 is 19.4 Å². The van der Waals surface area contributed by atoms with Crippen LogP contribution in [0.3, 0.4) is 0 Å². The second-order valence-corrected chi connectivity index (χ2v) is 3.88. The Hall–Kier alpha value is -0.940. The molecule has 14 heavy (non-hydrogen) atoms. The maximum atomic E-state index is 11.4. The van der Waals surface area contributed by atoms with Gasteiger partial charge in [0.15, 0.2) is 5.78 Å². The highest BCUT2D eigenvalue weighted by atomic mass is 16.5. The Balaban J connectivity index is 4.24. The van der Waals surface area contributed by atoms with E-state index in [1.807, 2.05) is 0 Å². The van der Waals surface area contributed by atoms with Crippen molar-refractivity contribution in [1.29, 1.82) is 0 Å². The summed E-state index contributed by atoms with van der Waals surface area (Å²) >= 11 is 0. The maximum absolute atomic E-state index is 11.4. The summed E-state index contributed by atoms with van der Waals surface area (Å²) in [4.78, 5) is 21.5. The molecule has 5 heteroatoms. The highest BCUT2D eigenvalue weighted by molar-refractivity contribution is 5.85. The monoisotopic (exact) mass is 203 g/mol. The molecule has 0 aromatic carbocycles. The Morgan fingerprint density at radius 1 is 1.64 bits per heavy atom. The summed E-state index contributed by atoms with van der Waals surface area (Å²) in [6.45, 7) is 4.94. The molecule has 0 bridgehead atoms. The lowest BCUT2D eigenvalue weighted by atomic mass is 9.96. The highest BCUT2D eigenvalue weighted by Crippen LogP contribution is 2.14. The normalized spacial score (nSPS) is 15.8. The molecule has 5 nitrogen and oxygen atoms in total. The maximum Gasteiger partial charge on any atom is 0.293 e. The van der Waals surface area contributed by atoms with Gasteiger partial charge in [0, 0.05) is 6.42 Å². The van der Waals surface area contributed by atoms with Gasteiger partial charge in [0.05, 0.1) is 12.1 Å². The second-order valence-electron chi connectivity index (χ2n) is 3.88. The number of aliphatic hydroxyl groups is 1. The number of hydrogen-bond donors (Lipinski definition) is 2. The number of carbonyl (C=O) groups excluding carboxylic acids is 2. The molecule has 0 rings (SSSR count). The first kappa shape index (κ1) is 13.1. The zero-order valence-corrected chi connectivity index (χ0v) is 8.69. The van der Waals surface area contributed by atoms with Gasteiger partial charge >= 0.3 is 0 Å². The topological polar surface area (TPSA) is 89.6 Å². The van der Waals surface area contributed by atoms with Crippen LogP contribution in [0.2, 0.25) is 0 Å². The summed E-state index contributed by atoms with van der Waals surface area (Å²) in [7, 11) is 0. The van der Waals surface area contributed by atoms with Gasteiger partial charge in [-0.2, -0.15) is 0 Å². The highest BCUT2D eigenvalue weighted by Gasteiger charge is 2.28. The summed E-state index contributed by atoms with van der Waals surface area (Å²) in [5, 5.41) is 9.06. The van der Waals surface area contributed by atoms with E-state index in [0.29, 0.717) is 6.47 Å². The molecule has 2 atom stereocenters. The minimum absolute atomic E-state index is 0.00218. The summed E-state index contributed by atoms with van der Waals surface area (Å²) in [6.07, 6.45) is -0.896. The van der Waals surface area contributed by atoms with Crippen LogP contribution in [-0.4, -0.2) is 35.1 Å². The van der Waals surface area contributed by atoms with Crippen LogP contribution in [0.15, 0.2) is 0 Å². The number of nitrogens with two attached hydrogens (primary N) is 1. The zero-order chi connectivity index (χ0) is 11.4. The molecule has 0 radical (unpaired) electrons. The van der Waals surface area contributed by atoms with E-state index in [4.69, 9.17) is 15.6 Å². The number of rotatable bonds is 6. The molecule has 0 aliphatic carbocycles. The van der Waals surface area contributed by atoms with E-state index in [9.17, 15) is 9.59 Å². The quantitative estimate of drug-likeness (QED) is 0.573. The van der Waals surface area contributed by atoms with Gasteiger partial charge in [0.2, 0.25) is 0 Å². The fourth-order valence-corrected chi connectivity index (χ4v) is 0.978. The summed E-state index contributed by atoms with van der Waals surface area (Å²) in [5.74, 6) is -0.327. The third-order valence-electron chi connectivity index (χ3n) is 1.86. The molecule has 0 fully saturated rings. The van der Waals surface area contributed by atoms with Gasteiger partial charge in [0.1, 0.15) is 5.60 Å². The molecule has 3 N–H and O–H groups in total. The number of aliphatic hydroxyl groups excluding tert-OH is 1. The molecule has 0 heterocycles. The lowest BCUT2D eigenvalue weighted by molar-refractivity contribution is -0.143. The fraction of sp³-hybridized carbons (Fsp3) is 0.778. The van der Waals surface area contributed by atoms with Gasteiger partial charge in [0.25, 0.3) is 6.47 Å². The van der Waals surface area contributed by atoms with Crippen molar-refractivity contribution in [2.45, 2.75) is 44.9 Å². The Kier molecular flexibility index (Phi) is 4.73. The van der Waals surface area contributed by atoms with Gasteiger partial charge in [-0.15, -0.1) is 0 Å². The number of ether oxygens (including phenoxy) is 1. The van der Waals surface area contributed by atoms with E-state index < -0.39 is 17.7 Å². The largest absolute Gasteiger partial charge is 0.461 e. The van der Waals surface area contributed by atoms with Gasteiger partial charge in [-0.3, -0.25) is 9.59 Å². The molecule has 0 saturated heterocycles. The minimum atomic E-state index is -0.926. The van der Waals surface area contributed by atoms with E-state index in [0.717, 1.165) is 0 Å². The third-order valence-corrected chi connectivity index (χ3v) is 1.86. The molecule has 0 aromatic heterocycles. The molecular formula is C9H17NO4. The first-order valence-corrected chi connectivity index (χ1v) is 4.38. The lowest BCUT2D eigenvalue weighted by Crippen LogP contribution is -2.43. The van der Waals surface area contributed by atoms with Crippen molar-refractivity contribution in [2.24, 2.45) is 5.73 Å². The van der Waals surface area contributed by atoms with Gasteiger partial charge in [-0.05, 0) is 20.8 Å². The Bertz CT molecular complexity index is 213. The van der Waals surface area contributed by atoms with Gasteiger partial charge < -0.3 is 15.6 Å². The predicted octanol–water partition coefficient (Wildman–Crippen LogP) is -0.395. The van der Waals surface area contributed by atoms with Crippen molar-refractivity contribution in [3.05, 3.63) is 0 Å². The zero-order valence-electron chi connectivity index (χ0n) is 8.69. The second kappa shape index (κ2) is 5.07. The smallest absolute Gasteiger partial charge is 0.293 e. The van der Waals surface area contributed by atoms with E-state index in [-0.39, 0.29) is 12.2 Å². The van der Waals surface area contributed by atoms with Crippen molar-refractivity contribution in [1.82, 2.24) is 0 Å². The van der Waals surface area contributed by atoms with Crippen molar-refractivity contribution >= 4 is 12.3 Å². The van der Waals surface area contributed by atoms with E-state index in [1.165, 1.54) is 6.92 Å². The van der Waals surface area contributed by atoms with Crippen LogP contribution in [0.5, 0.6) is 0 Å². The van der Waals surface area contributed by atoms with E-state index in [1.54, 1.807) is 13.8 Å². The molecule has 0 unspecified atom stereocenters. The number of ketones is 1. The summed E-state index contributed by atoms with van der Waals surface area (Å²) in [5.41, 5.74) is 4.55. The Morgan fingerprint density at radius 2 is 2.14 bits per heavy atom. The van der Waals surface area contributed by atoms with E-state index >= 15 is 0 Å². The molecule has 0 aliphatic heterocycles. The molecule has 0 spiro atoms. The van der Waals surface area contributed by atoms with Crippen molar-refractivity contribution in [3.63, 3.8) is 0 Å². The van der Waals surface area contributed by atoms with E-state index in [2.05, 4.69) is 0 Å².